The van der Waals surface area contributed by atoms with E-state index in [1.165, 1.54) is 30.3 Å². The average molecular weight is 646 g/mol. The second kappa shape index (κ2) is 14.6. The molecule has 0 spiro atoms. The number of ether oxygens (including phenoxy) is 2. The zero-order valence-corrected chi connectivity index (χ0v) is 26.2. The standard InChI is InChI=1S/C32H38F3N5O6/c1-21(2)37(3)30(43)27(22-6-5-7-26(16-22)46-32(33,34)35)18-38(20-41)19-29(42)39-13-11-24(12-14-39)40-15-10-23-17-25(45-4)8-9-28(23)36-31(40)44/h5-9,16-18,20-21,24H,10-15,19H2,1-4H3,(H,36,44)/b27-18-. The topological polar surface area (TPSA) is 112 Å². The van der Waals surface area contributed by atoms with Crippen molar-refractivity contribution in [2.45, 2.75) is 51.6 Å². The Morgan fingerprint density at radius 1 is 1.09 bits per heavy atom. The molecule has 0 radical (unpaired) electrons. The normalized spacial score (nSPS) is 15.9. The predicted octanol–water partition coefficient (Wildman–Crippen LogP) is 4.34. The molecule has 0 atom stereocenters. The summed E-state index contributed by atoms with van der Waals surface area (Å²) in [4.78, 5) is 57.5. The smallest absolute Gasteiger partial charge is 0.497 e. The lowest BCUT2D eigenvalue weighted by molar-refractivity contribution is -0.274. The van der Waals surface area contributed by atoms with Crippen LogP contribution in [0.2, 0.25) is 0 Å². The van der Waals surface area contributed by atoms with E-state index in [0.29, 0.717) is 51.1 Å². The number of methoxy groups -OCH3 is 1. The number of fused-ring (bicyclic) bond motifs is 1. The SMILES string of the molecule is COc1ccc2c(c1)CCN(C1CCN(C(=O)CN(C=O)/C=C(\C(=O)N(C)C(C)C)c3cccc(OC(F)(F)F)c3)CC1)C(=O)N2. The van der Waals surface area contributed by atoms with E-state index in [9.17, 15) is 32.3 Å². The van der Waals surface area contributed by atoms with Gasteiger partial charge in [0.2, 0.25) is 12.3 Å². The minimum Gasteiger partial charge on any atom is -0.497 e. The molecule has 2 aliphatic rings. The Morgan fingerprint density at radius 2 is 1.80 bits per heavy atom. The Hall–Kier alpha value is -4.75. The van der Waals surface area contributed by atoms with Crippen molar-refractivity contribution in [2.75, 3.05) is 45.7 Å². The van der Waals surface area contributed by atoms with Crippen LogP contribution in [-0.4, -0.2) is 103 Å². The number of likely N-dealkylation sites (N-methyl/N-ethyl adjacent to an activating group) is 1. The molecule has 2 heterocycles. The minimum atomic E-state index is -4.94. The van der Waals surface area contributed by atoms with Gasteiger partial charge in [0.1, 0.15) is 18.0 Å². The highest BCUT2D eigenvalue weighted by atomic mass is 19.4. The van der Waals surface area contributed by atoms with Crippen LogP contribution < -0.4 is 14.8 Å². The minimum absolute atomic E-state index is 0.0793. The first-order chi connectivity index (χ1) is 21.8. The quantitative estimate of drug-likeness (QED) is 0.304. The molecule has 11 nitrogen and oxygen atoms in total. The number of alkyl halides is 3. The first kappa shape index (κ1) is 34.1. The number of amides is 5. The van der Waals surface area contributed by atoms with Crippen LogP contribution >= 0.6 is 0 Å². The van der Waals surface area contributed by atoms with Crippen LogP contribution in [0.25, 0.3) is 5.57 Å². The summed E-state index contributed by atoms with van der Waals surface area (Å²) in [6.07, 6.45) is -1.68. The van der Waals surface area contributed by atoms with E-state index in [4.69, 9.17) is 4.74 Å². The number of halogens is 3. The van der Waals surface area contributed by atoms with Crippen molar-refractivity contribution in [1.82, 2.24) is 19.6 Å². The van der Waals surface area contributed by atoms with E-state index in [1.807, 2.05) is 12.1 Å². The molecular weight excluding hydrogens is 607 g/mol. The first-order valence-electron chi connectivity index (χ1n) is 14.9. The number of anilines is 1. The van der Waals surface area contributed by atoms with E-state index >= 15 is 0 Å². The summed E-state index contributed by atoms with van der Waals surface area (Å²) in [5, 5.41) is 2.96. The Labute approximate surface area is 265 Å². The van der Waals surface area contributed by atoms with Crippen molar-refractivity contribution >= 4 is 35.5 Å². The summed E-state index contributed by atoms with van der Waals surface area (Å²) in [6.45, 7) is 4.33. The van der Waals surface area contributed by atoms with Crippen molar-refractivity contribution in [3.63, 3.8) is 0 Å². The molecule has 0 saturated carbocycles. The van der Waals surface area contributed by atoms with Gasteiger partial charge in [0, 0.05) is 50.7 Å². The molecule has 1 N–H and O–H groups in total. The maximum atomic E-state index is 13.4. The Kier molecular flexibility index (Phi) is 10.8. The van der Waals surface area contributed by atoms with E-state index < -0.39 is 24.6 Å². The first-order valence-corrected chi connectivity index (χ1v) is 14.9. The average Bonchev–Trinajstić information content (AvgIpc) is 3.18. The number of carbonyl (C=O) groups excluding carboxylic acids is 4. The van der Waals surface area contributed by atoms with Gasteiger partial charge in [-0.15, -0.1) is 13.2 Å². The zero-order valence-electron chi connectivity index (χ0n) is 26.2. The van der Waals surface area contributed by atoms with Gasteiger partial charge >= 0.3 is 12.4 Å². The molecule has 4 rings (SSSR count). The number of piperidine rings is 1. The highest BCUT2D eigenvalue weighted by Crippen LogP contribution is 2.29. The summed E-state index contributed by atoms with van der Waals surface area (Å²) < 4.78 is 47.9. The van der Waals surface area contributed by atoms with Crippen LogP contribution in [-0.2, 0) is 20.8 Å². The summed E-state index contributed by atoms with van der Waals surface area (Å²) >= 11 is 0. The largest absolute Gasteiger partial charge is 0.573 e. The lowest BCUT2D eigenvalue weighted by Crippen LogP contribution is -2.51. The van der Waals surface area contributed by atoms with Gasteiger partial charge in [-0.3, -0.25) is 14.4 Å². The number of rotatable bonds is 10. The number of hydrogen-bond acceptors (Lipinski definition) is 6. The number of likely N-dealkylation sites (tertiary alicyclic amines) is 1. The molecule has 2 aromatic carbocycles. The molecule has 248 valence electrons. The number of hydrogen-bond donors (Lipinski definition) is 1. The molecular formula is C32H38F3N5O6. The van der Waals surface area contributed by atoms with Gasteiger partial charge in [0.05, 0.1) is 12.7 Å². The van der Waals surface area contributed by atoms with Crippen molar-refractivity contribution in [3.8, 4) is 11.5 Å². The fourth-order valence-electron chi connectivity index (χ4n) is 5.40. The van der Waals surface area contributed by atoms with Crippen LogP contribution in [0.1, 0.15) is 37.8 Å². The lowest BCUT2D eigenvalue weighted by atomic mass is 10.0. The van der Waals surface area contributed by atoms with E-state index in [-0.39, 0.29) is 35.2 Å². The third-order valence-electron chi connectivity index (χ3n) is 8.15. The van der Waals surface area contributed by atoms with Gasteiger partial charge in [0.25, 0.3) is 5.91 Å². The van der Waals surface area contributed by atoms with E-state index in [2.05, 4.69) is 10.1 Å². The Bertz CT molecular complexity index is 1470. The molecule has 0 unspecified atom stereocenters. The van der Waals surface area contributed by atoms with Crippen molar-refractivity contribution in [3.05, 3.63) is 59.8 Å². The number of benzene rings is 2. The molecule has 1 saturated heterocycles. The zero-order chi connectivity index (χ0) is 33.6. The number of nitrogens with zero attached hydrogens (tertiary/aromatic N) is 4. The number of nitrogens with one attached hydrogen (secondary N) is 1. The highest BCUT2D eigenvalue weighted by molar-refractivity contribution is 6.19. The molecule has 0 aliphatic carbocycles. The fourth-order valence-corrected chi connectivity index (χ4v) is 5.40. The third-order valence-corrected chi connectivity index (χ3v) is 8.15. The Morgan fingerprint density at radius 3 is 2.43 bits per heavy atom. The molecule has 0 bridgehead atoms. The van der Waals surface area contributed by atoms with Gasteiger partial charge in [-0.25, -0.2) is 4.79 Å². The maximum Gasteiger partial charge on any atom is 0.573 e. The van der Waals surface area contributed by atoms with E-state index in [1.54, 1.807) is 36.8 Å². The number of carbonyl (C=O) groups is 4. The predicted molar refractivity (Wildman–Crippen MR) is 164 cm³/mol. The van der Waals surface area contributed by atoms with Crippen molar-refractivity contribution < 1.29 is 41.8 Å². The van der Waals surface area contributed by atoms with E-state index in [0.717, 1.165) is 28.3 Å². The molecule has 46 heavy (non-hydrogen) atoms. The van der Waals surface area contributed by atoms with Crippen LogP contribution in [0.3, 0.4) is 0 Å². The van der Waals surface area contributed by atoms with Gasteiger partial charge in [-0.2, -0.15) is 0 Å². The molecule has 0 aromatic heterocycles. The summed E-state index contributed by atoms with van der Waals surface area (Å²) in [5.74, 6) is -0.760. The maximum absolute atomic E-state index is 13.4. The van der Waals surface area contributed by atoms with Crippen LogP contribution in [0.15, 0.2) is 48.7 Å². The van der Waals surface area contributed by atoms with Crippen molar-refractivity contribution in [1.29, 1.82) is 0 Å². The van der Waals surface area contributed by atoms with Gasteiger partial charge in [-0.05, 0) is 74.6 Å². The van der Waals surface area contributed by atoms with Crippen LogP contribution in [0.5, 0.6) is 11.5 Å². The van der Waals surface area contributed by atoms with Crippen molar-refractivity contribution in [2.24, 2.45) is 0 Å². The summed E-state index contributed by atoms with van der Waals surface area (Å²) in [5.41, 5.74) is 1.70. The monoisotopic (exact) mass is 645 g/mol. The third kappa shape index (κ3) is 8.49. The number of urea groups is 1. The van der Waals surface area contributed by atoms with Gasteiger partial charge < -0.3 is 34.4 Å². The van der Waals surface area contributed by atoms with Crippen LogP contribution in [0.4, 0.5) is 23.7 Å². The molecule has 2 aliphatic heterocycles. The van der Waals surface area contributed by atoms with Gasteiger partial charge in [-0.1, -0.05) is 12.1 Å². The molecule has 14 heteroatoms. The van der Waals surface area contributed by atoms with Gasteiger partial charge in [0.15, 0.2) is 0 Å². The lowest BCUT2D eigenvalue weighted by Gasteiger charge is -2.38. The molecule has 2 aromatic rings. The second-order valence-electron chi connectivity index (χ2n) is 11.4. The highest BCUT2D eigenvalue weighted by Gasteiger charge is 2.33. The molecule has 5 amide bonds. The fraction of sp³-hybridized carbons (Fsp3) is 0.438. The van der Waals surface area contributed by atoms with Crippen LogP contribution in [0, 0.1) is 0 Å². The second-order valence-corrected chi connectivity index (χ2v) is 11.4. The summed E-state index contributed by atoms with van der Waals surface area (Å²) in [7, 11) is 3.11. The Balaban J connectivity index is 1.44. The molecule has 1 fully saturated rings. The summed E-state index contributed by atoms with van der Waals surface area (Å²) in [6, 6.07) is 9.81.